The van der Waals surface area contributed by atoms with Crippen LogP contribution in [0.4, 0.5) is 0 Å². The molecule has 0 aliphatic carbocycles. The highest BCUT2D eigenvalue weighted by molar-refractivity contribution is 5.76. The minimum absolute atomic E-state index is 0.484. The molecular formula is C10H12O4. The van der Waals surface area contributed by atoms with Crippen LogP contribution in [0.3, 0.4) is 0 Å². The molecule has 1 unspecified atom stereocenters. The first-order valence-corrected chi connectivity index (χ1v) is 4.09. The molecule has 1 N–H and O–H groups in total. The Balaban J connectivity index is 2.81. The lowest BCUT2D eigenvalue weighted by molar-refractivity contribution is -0.150. The Bertz CT molecular complexity index is 304. The van der Waals surface area contributed by atoms with Crippen molar-refractivity contribution in [1.82, 2.24) is 0 Å². The molecule has 1 aromatic carbocycles. The number of benzene rings is 1. The van der Waals surface area contributed by atoms with Crippen molar-refractivity contribution in [3.8, 4) is 5.75 Å². The third-order valence-corrected chi connectivity index (χ3v) is 1.86. The Kier molecular flexibility index (Phi) is 3.48. The third kappa shape index (κ3) is 2.23. The zero-order valence-corrected chi connectivity index (χ0v) is 8.06. The molecular weight excluding hydrogens is 184 g/mol. The van der Waals surface area contributed by atoms with Crippen LogP contribution in [-0.4, -0.2) is 25.3 Å². The molecule has 0 fully saturated rings. The van der Waals surface area contributed by atoms with Gasteiger partial charge in [-0.05, 0) is 17.7 Å². The number of hydrogen-bond acceptors (Lipinski definition) is 4. The van der Waals surface area contributed by atoms with Gasteiger partial charge < -0.3 is 14.6 Å². The Hall–Kier alpha value is -1.55. The van der Waals surface area contributed by atoms with Gasteiger partial charge in [0.2, 0.25) is 0 Å². The van der Waals surface area contributed by atoms with Crippen LogP contribution < -0.4 is 4.74 Å². The van der Waals surface area contributed by atoms with Gasteiger partial charge in [-0.25, -0.2) is 4.79 Å². The maximum Gasteiger partial charge on any atom is 0.339 e. The number of hydrogen-bond donors (Lipinski definition) is 1. The number of rotatable bonds is 3. The summed E-state index contributed by atoms with van der Waals surface area (Å²) >= 11 is 0. The highest BCUT2D eigenvalue weighted by Gasteiger charge is 2.17. The van der Waals surface area contributed by atoms with E-state index in [4.69, 9.17) is 4.74 Å². The van der Waals surface area contributed by atoms with Crippen molar-refractivity contribution in [2.24, 2.45) is 0 Å². The monoisotopic (exact) mass is 196 g/mol. The van der Waals surface area contributed by atoms with E-state index in [1.54, 1.807) is 31.4 Å². The summed E-state index contributed by atoms with van der Waals surface area (Å²) in [6.07, 6.45) is -1.23. The molecule has 0 bridgehead atoms. The zero-order chi connectivity index (χ0) is 10.6. The molecule has 0 spiro atoms. The maximum absolute atomic E-state index is 11.0. The van der Waals surface area contributed by atoms with Crippen LogP contribution in [0, 0.1) is 0 Å². The predicted molar refractivity (Wildman–Crippen MR) is 50.0 cm³/mol. The lowest BCUT2D eigenvalue weighted by Crippen LogP contribution is -2.13. The average molecular weight is 196 g/mol. The van der Waals surface area contributed by atoms with Gasteiger partial charge in [-0.3, -0.25) is 0 Å². The molecule has 1 atom stereocenters. The minimum Gasteiger partial charge on any atom is -0.497 e. The average Bonchev–Trinajstić information content (AvgIpc) is 2.27. The summed E-state index contributed by atoms with van der Waals surface area (Å²) in [5, 5.41) is 9.44. The number of esters is 1. The molecule has 0 radical (unpaired) electrons. The van der Waals surface area contributed by atoms with Crippen LogP contribution in [0.15, 0.2) is 24.3 Å². The topological polar surface area (TPSA) is 55.8 Å². The Morgan fingerprint density at radius 1 is 1.29 bits per heavy atom. The van der Waals surface area contributed by atoms with E-state index in [0.29, 0.717) is 11.3 Å². The van der Waals surface area contributed by atoms with Gasteiger partial charge in [0, 0.05) is 0 Å². The largest absolute Gasteiger partial charge is 0.497 e. The molecule has 0 saturated carbocycles. The van der Waals surface area contributed by atoms with E-state index in [1.165, 1.54) is 7.11 Å². The lowest BCUT2D eigenvalue weighted by Gasteiger charge is -2.08. The van der Waals surface area contributed by atoms with Crippen molar-refractivity contribution < 1.29 is 19.4 Å². The Labute approximate surface area is 82.1 Å². The zero-order valence-electron chi connectivity index (χ0n) is 8.06. The van der Waals surface area contributed by atoms with Gasteiger partial charge in [0.05, 0.1) is 14.2 Å². The fourth-order valence-electron chi connectivity index (χ4n) is 1.03. The molecule has 14 heavy (non-hydrogen) atoms. The van der Waals surface area contributed by atoms with Crippen LogP contribution in [0.1, 0.15) is 11.7 Å². The molecule has 0 saturated heterocycles. The normalized spacial score (nSPS) is 11.9. The highest BCUT2D eigenvalue weighted by atomic mass is 16.5. The van der Waals surface area contributed by atoms with Crippen molar-refractivity contribution in [2.45, 2.75) is 6.10 Å². The molecule has 76 valence electrons. The van der Waals surface area contributed by atoms with Gasteiger partial charge in [0.25, 0.3) is 0 Å². The van der Waals surface area contributed by atoms with E-state index in [0.717, 1.165) is 0 Å². The van der Waals surface area contributed by atoms with Crippen LogP contribution in [-0.2, 0) is 9.53 Å². The Morgan fingerprint density at radius 3 is 2.29 bits per heavy atom. The maximum atomic E-state index is 11.0. The predicted octanol–water partition coefficient (Wildman–Crippen LogP) is 0.902. The molecule has 0 heterocycles. The second-order valence-electron chi connectivity index (χ2n) is 2.70. The van der Waals surface area contributed by atoms with Gasteiger partial charge in [-0.2, -0.15) is 0 Å². The first kappa shape index (κ1) is 10.5. The molecule has 0 amide bonds. The fraction of sp³-hybridized carbons (Fsp3) is 0.300. The van der Waals surface area contributed by atoms with Crippen LogP contribution in [0.5, 0.6) is 5.75 Å². The van der Waals surface area contributed by atoms with Gasteiger partial charge >= 0.3 is 5.97 Å². The summed E-state index contributed by atoms with van der Waals surface area (Å²) in [7, 11) is 2.78. The first-order valence-electron chi connectivity index (χ1n) is 4.09. The third-order valence-electron chi connectivity index (χ3n) is 1.86. The molecule has 1 aromatic rings. The van der Waals surface area contributed by atoms with Gasteiger partial charge in [-0.1, -0.05) is 12.1 Å². The summed E-state index contributed by atoms with van der Waals surface area (Å²) in [6.45, 7) is 0. The first-order chi connectivity index (χ1) is 6.69. The van der Waals surface area contributed by atoms with Crippen LogP contribution in [0.25, 0.3) is 0 Å². The van der Waals surface area contributed by atoms with Gasteiger partial charge in [-0.15, -0.1) is 0 Å². The summed E-state index contributed by atoms with van der Waals surface area (Å²) in [5.41, 5.74) is 0.484. The van der Waals surface area contributed by atoms with Crippen molar-refractivity contribution in [2.75, 3.05) is 14.2 Å². The molecule has 1 rings (SSSR count). The van der Waals surface area contributed by atoms with Crippen molar-refractivity contribution in [3.05, 3.63) is 29.8 Å². The summed E-state index contributed by atoms with van der Waals surface area (Å²) in [4.78, 5) is 11.0. The molecule has 0 aliphatic heterocycles. The molecule has 0 aromatic heterocycles. The van der Waals surface area contributed by atoms with Crippen molar-refractivity contribution in [3.63, 3.8) is 0 Å². The van der Waals surface area contributed by atoms with E-state index in [1.807, 2.05) is 0 Å². The second-order valence-corrected chi connectivity index (χ2v) is 2.70. The minimum atomic E-state index is -1.23. The highest BCUT2D eigenvalue weighted by Crippen LogP contribution is 2.18. The quantitative estimate of drug-likeness (QED) is 0.730. The van der Waals surface area contributed by atoms with E-state index in [9.17, 15) is 9.90 Å². The smallest absolute Gasteiger partial charge is 0.339 e. The summed E-state index contributed by atoms with van der Waals surface area (Å²) in [5.74, 6) is 0.000910. The van der Waals surface area contributed by atoms with E-state index < -0.39 is 12.1 Å². The number of methoxy groups -OCH3 is 2. The number of aliphatic hydroxyl groups is 1. The van der Waals surface area contributed by atoms with Crippen molar-refractivity contribution >= 4 is 5.97 Å². The number of ether oxygens (including phenoxy) is 2. The number of aliphatic hydroxyl groups excluding tert-OH is 1. The molecule has 4 nitrogen and oxygen atoms in total. The standard InChI is InChI=1S/C10H12O4/c1-13-8-5-3-7(4-6-8)9(11)10(12)14-2/h3-6,9,11H,1-2H3. The van der Waals surface area contributed by atoms with Crippen LogP contribution in [0.2, 0.25) is 0 Å². The number of carbonyl (C=O) groups is 1. The van der Waals surface area contributed by atoms with Crippen molar-refractivity contribution in [1.29, 1.82) is 0 Å². The molecule has 4 heteroatoms. The number of carbonyl (C=O) groups excluding carboxylic acids is 1. The van der Waals surface area contributed by atoms with Gasteiger partial charge in [0.1, 0.15) is 5.75 Å². The lowest BCUT2D eigenvalue weighted by atomic mass is 10.1. The van der Waals surface area contributed by atoms with Gasteiger partial charge in [0.15, 0.2) is 6.10 Å². The van der Waals surface area contributed by atoms with E-state index in [-0.39, 0.29) is 0 Å². The summed E-state index contributed by atoms with van der Waals surface area (Å²) in [6, 6.07) is 6.56. The SMILES string of the molecule is COC(=O)C(O)c1ccc(OC)cc1. The van der Waals surface area contributed by atoms with Crippen LogP contribution >= 0.6 is 0 Å². The fourth-order valence-corrected chi connectivity index (χ4v) is 1.03. The second kappa shape index (κ2) is 4.62. The summed E-state index contributed by atoms with van der Waals surface area (Å²) < 4.78 is 9.34. The van der Waals surface area contributed by atoms with E-state index in [2.05, 4.69) is 4.74 Å². The Morgan fingerprint density at radius 2 is 1.86 bits per heavy atom. The molecule has 0 aliphatic rings. The van der Waals surface area contributed by atoms with E-state index >= 15 is 0 Å².